The number of alkyl carbamates (subject to hydrolysis) is 1. The van der Waals surface area contributed by atoms with Gasteiger partial charge in [-0.2, -0.15) is 5.10 Å². The summed E-state index contributed by atoms with van der Waals surface area (Å²) in [7, 11) is 0. The number of fused-ring (bicyclic) bond motifs is 1. The summed E-state index contributed by atoms with van der Waals surface area (Å²) >= 11 is 0. The molecule has 0 aliphatic carbocycles. The van der Waals surface area contributed by atoms with Crippen molar-refractivity contribution >= 4 is 28.6 Å². The zero-order chi connectivity index (χ0) is 26.6. The van der Waals surface area contributed by atoms with E-state index in [1.165, 1.54) is 12.1 Å². The maximum absolute atomic E-state index is 12.7. The fourth-order valence-corrected chi connectivity index (χ4v) is 3.61. The lowest BCUT2D eigenvalue weighted by atomic mass is 10.1. The Morgan fingerprint density at radius 3 is 2.65 bits per heavy atom. The van der Waals surface area contributed by atoms with Gasteiger partial charge in [0.2, 0.25) is 0 Å². The maximum Gasteiger partial charge on any atom is 0.407 e. The molecule has 37 heavy (non-hydrogen) atoms. The number of rotatable bonds is 8. The Bertz CT molecular complexity index is 1450. The van der Waals surface area contributed by atoms with Crippen LogP contribution in [0.15, 0.2) is 48.7 Å². The molecule has 0 aliphatic rings. The van der Waals surface area contributed by atoms with E-state index in [9.17, 15) is 19.7 Å². The van der Waals surface area contributed by atoms with Gasteiger partial charge in [0.15, 0.2) is 5.82 Å². The average molecular weight is 506 g/mol. The van der Waals surface area contributed by atoms with Crippen molar-refractivity contribution in [3.05, 3.63) is 64.3 Å². The number of nitro benzene ring substituents is 1. The van der Waals surface area contributed by atoms with Gasteiger partial charge in [0.05, 0.1) is 22.3 Å². The van der Waals surface area contributed by atoms with Crippen LogP contribution >= 0.6 is 0 Å². The predicted octanol–water partition coefficient (Wildman–Crippen LogP) is 4.17. The number of H-pyrrole nitrogens is 2. The molecule has 0 unspecified atom stereocenters. The number of nitro groups is 1. The summed E-state index contributed by atoms with van der Waals surface area (Å²) in [6, 6.07) is 11.4. The van der Waals surface area contributed by atoms with E-state index in [4.69, 9.17) is 4.74 Å². The molecule has 0 fully saturated rings. The molecule has 192 valence electrons. The molecule has 2 aromatic carbocycles. The van der Waals surface area contributed by atoms with Crippen LogP contribution < -0.4 is 10.6 Å². The minimum absolute atomic E-state index is 0.0184. The summed E-state index contributed by atoms with van der Waals surface area (Å²) in [4.78, 5) is 42.5. The number of benzene rings is 2. The van der Waals surface area contributed by atoms with Crippen LogP contribution in [0.4, 0.5) is 10.5 Å². The topological polar surface area (TPSA) is 168 Å². The Balaban J connectivity index is 1.41. The van der Waals surface area contributed by atoms with Gasteiger partial charge in [0, 0.05) is 41.7 Å². The molecule has 0 spiro atoms. The molecule has 4 N–H and O–H groups in total. The monoisotopic (exact) mass is 505 g/mol. The smallest absolute Gasteiger partial charge is 0.407 e. The molecule has 0 saturated carbocycles. The Morgan fingerprint density at radius 1 is 1.11 bits per heavy atom. The Morgan fingerprint density at radius 2 is 1.89 bits per heavy atom. The zero-order valence-electron chi connectivity index (χ0n) is 20.6. The average Bonchev–Trinajstić information content (AvgIpc) is 3.49. The zero-order valence-corrected chi connectivity index (χ0v) is 20.6. The van der Waals surface area contributed by atoms with Crippen LogP contribution in [0.3, 0.4) is 0 Å². The number of non-ortho nitro benzene ring substituents is 1. The normalized spacial score (nSPS) is 11.3. The minimum Gasteiger partial charge on any atom is -0.444 e. The summed E-state index contributed by atoms with van der Waals surface area (Å²) in [5.74, 6) is 0.196. The minimum atomic E-state index is -0.567. The van der Waals surface area contributed by atoms with Crippen LogP contribution in [0.25, 0.3) is 33.7 Å². The van der Waals surface area contributed by atoms with E-state index in [2.05, 4.69) is 30.8 Å². The first-order valence-corrected chi connectivity index (χ1v) is 11.6. The first-order valence-electron chi connectivity index (χ1n) is 11.6. The van der Waals surface area contributed by atoms with Gasteiger partial charge in [-0.25, -0.2) is 9.78 Å². The van der Waals surface area contributed by atoms with Crippen LogP contribution in [0.1, 0.15) is 37.6 Å². The van der Waals surface area contributed by atoms with Crippen LogP contribution in [0.5, 0.6) is 0 Å². The van der Waals surface area contributed by atoms with Crippen molar-refractivity contribution in [1.82, 2.24) is 30.8 Å². The Kier molecular flexibility index (Phi) is 7.18. The number of aromatic amines is 2. The van der Waals surface area contributed by atoms with Gasteiger partial charge in [-0.1, -0.05) is 12.1 Å². The molecule has 0 aliphatic heterocycles. The molecule has 0 atom stereocenters. The third-order valence-corrected chi connectivity index (χ3v) is 5.30. The molecule has 4 aromatic rings. The van der Waals surface area contributed by atoms with E-state index in [0.717, 1.165) is 5.52 Å². The number of ether oxygens (including phenoxy) is 1. The summed E-state index contributed by atoms with van der Waals surface area (Å²) in [5, 5.41) is 24.5. The number of aromatic nitrogens is 4. The van der Waals surface area contributed by atoms with Crippen molar-refractivity contribution < 1.29 is 19.2 Å². The maximum atomic E-state index is 12.7. The van der Waals surface area contributed by atoms with E-state index in [1.807, 2.05) is 0 Å². The number of hydrogen-bond donors (Lipinski definition) is 4. The number of nitrogens with zero attached hydrogens (tertiary/aromatic N) is 3. The molecule has 2 heterocycles. The molecule has 0 bridgehead atoms. The molecular weight excluding hydrogens is 478 g/mol. The number of imidazole rings is 1. The largest absolute Gasteiger partial charge is 0.444 e. The van der Waals surface area contributed by atoms with Gasteiger partial charge in [-0.3, -0.25) is 20.0 Å². The first-order chi connectivity index (χ1) is 17.6. The second-order valence-electron chi connectivity index (χ2n) is 9.32. The second kappa shape index (κ2) is 10.5. The van der Waals surface area contributed by atoms with E-state index < -0.39 is 16.6 Å². The van der Waals surface area contributed by atoms with Crippen molar-refractivity contribution in [2.24, 2.45) is 0 Å². The lowest BCUT2D eigenvalue weighted by molar-refractivity contribution is -0.384. The molecule has 12 heteroatoms. The Labute approximate surface area is 212 Å². The molecule has 4 rings (SSSR count). The highest BCUT2D eigenvalue weighted by Gasteiger charge is 2.17. The molecular formula is C25H27N7O5. The highest BCUT2D eigenvalue weighted by atomic mass is 16.6. The highest BCUT2D eigenvalue weighted by Crippen LogP contribution is 2.28. The van der Waals surface area contributed by atoms with E-state index in [-0.39, 0.29) is 11.6 Å². The molecule has 2 amide bonds. The predicted molar refractivity (Wildman–Crippen MR) is 137 cm³/mol. The molecule has 12 nitrogen and oxygen atoms in total. The van der Waals surface area contributed by atoms with Gasteiger partial charge >= 0.3 is 6.09 Å². The van der Waals surface area contributed by atoms with Gasteiger partial charge in [-0.05, 0) is 45.4 Å². The van der Waals surface area contributed by atoms with Crippen molar-refractivity contribution in [3.63, 3.8) is 0 Å². The molecule has 0 radical (unpaired) electrons. The second-order valence-corrected chi connectivity index (χ2v) is 9.32. The van der Waals surface area contributed by atoms with E-state index in [1.54, 1.807) is 57.3 Å². The summed E-state index contributed by atoms with van der Waals surface area (Å²) in [6.07, 6.45) is 1.62. The van der Waals surface area contributed by atoms with Crippen LogP contribution in [0.2, 0.25) is 0 Å². The van der Waals surface area contributed by atoms with Gasteiger partial charge in [0.25, 0.3) is 11.6 Å². The number of carbonyl (C=O) groups is 2. The fraction of sp³-hybridized carbons (Fsp3) is 0.280. The van der Waals surface area contributed by atoms with E-state index >= 15 is 0 Å². The Hall–Kier alpha value is -4.74. The van der Waals surface area contributed by atoms with Crippen LogP contribution in [0, 0.1) is 10.1 Å². The third kappa shape index (κ3) is 6.28. The van der Waals surface area contributed by atoms with Crippen molar-refractivity contribution in [2.75, 3.05) is 13.1 Å². The summed E-state index contributed by atoms with van der Waals surface area (Å²) in [5.41, 5.74) is 2.32. The van der Waals surface area contributed by atoms with Crippen LogP contribution in [-0.4, -0.2) is 55.8 Å². The first kappa shape index (κ1) is 25.4. The number of nitrogens with one attached hydrogen (secondary N) is 4. The van der Waals surface area contributed by atoms with Crippen molar-refractivity contribution in [3.8, 4) is 22.8 Å². The number of amides is 2. The molecule has 2 aromatic heterocycles. The van der Waals surface area contributed by atoms with Crippen molar-refractivity contribution in [1.29, 1.82) is 0 Å². The van der Waals surface area contributed by atoms with Gasteiger partial charge < -0.3 is 20.4 Å². The SMILES string of the molecule is CC(C)(C)OC(=O)NCCCNC(=O)c1ccc2[nH]nc(-c3ncc(-c4cccc([N+](=O)[O-])c4)[nH]3)c2c1. The highest BCUT2D eigenvalue weighted by molar-refractivity contribution is 6.01. The summed E-state index contributed by atoms with van der Waals surface area (Å²) in [6.45, 7) is 6.10. The van der Waals surface area contributed by atoms with Crippen molar-refractivity contribution in [2.45, 2.75) is 32.8 Å². The number of carbonyl (C=O) groups excluding carboxylic acids is 2. The van der Waals surface area contributed by atoms with E-state index in [0.29, 0.717) is 53.2 Å². The fourth-order valence-electron chi connectivity index (χ4n) is 3.61. The van der Waals surface area contributed by atoms with Gasteiger partial charge in [0.1, 0.15) is 11.3 Å². The lowest BCUT2D eigenvalue weighted by Gasteiger charge is -2.19. The number of hydrogen-bond acceptors (Lipinski definition) is 7. The van der Waals surface area contributed by atoms with Gasteiger partial charge in [-0.15, -0.1) is 0 Å². The standard InChI is InChI=1S/C25H27N7O5/c1-25(2,3)37-24(34)27-11-5-10-26-23(33)16-8-9-19-18(13-16)21(31-30-19)22-28-14-20(29-22)15-6-4-7-17(12-15)32(35)36/h4,6-9,12-14H,5,10-11H2,1-3H3,(H,26,33)(H,27,34)(H,28,29)(H,30,31). The third-order valence-electron chi connectivity index (χ3n) is 5.30. The summed E-state index contributed by atoms with van der Waals surface area (Å²) < 4.78 is 5.18. The van der Waals surface area contributed by atoms with Crippen LogP contribution in [-0.2, 0) is 4.74 Å². The molecule has 0 saturated heterocycles. The quantitative estimate of drug-likeness (QED) is 0.158. The lowest BCUT2D eigenvalue weighted by Crippen LogP contribution is -2.34.